The number of alkyl halides is 2. The number of amides is 12. The van der Waals surface area contributed by atoms with Gasteiger partial charge in [0.15, 0.2) is 0 Å². The van der Waals surface area contributed by atoms with Gasteiger partial charge in [-0.05, 0) is 119 Å². The summed E-state index contributed by atoms with van der Waals surface area (Å²) in [6, 6.07) is -0.447. The van der Waals surface area contributed by atoms with E-state index in [1.54, 1.807) is 97.5 Å². The number of halogens is 2. The molecule has 4 rings (SSSR count). The van der Waals surface area contributed by atoms with E-state index >= 15 is 28.8 Å². The van der Waals surface area contributed by atoms with Crippen LogP contribution in [0.15, 0.2) is 54.6 Å². The van der Waals surface area contributed by atoms with Crippen molar-refractivity contribution in [3.8, 4) is 5.75 Å². The van der Waals surface area contributed by atoms with Gasteiger partial charge in [0.05, 0.1) is 31.3 Å². The van der Waals surface area contributed by atoms with Crippen LogP contribution in [0.3, 0.4) is 0 Å². The number of carbonyl (C=O) groups excluding carboxylic acids is 12. The summed E-state index contributed by atoms with van der Waals surface area (Å²) in [5.74, 6) is -12.1. The van der Waals surface area contributed by atoms with Gasteiger partial charge in [-0.2, -0.15) is 8.78 Å². The molecule has 104 heavy (non-hydrogen) atoms. The molecule has 2 aliphatic rings. The van der Waals surface area contributed by atoms with Gasteiger partial charge in [-0.3, -0.25) is 57.5 Å². The second-order valence-electron chi connectivity index (χ2n) is 30.8. The van der Waals surface area contributed by atoms with Crippen molar-refractivity contribution < 1.29 is 80.9 Å². The molecule has 0 saturated carbocycles. The molecule has 6 N–H and O–H groups in total. The summed E-state index contributed by atoms with van der Waals surface area (Å²) >= 11 is 0. The van der Waals surface area contributed by atoms with Crippen molar-refractivity contribution in [1.82, 2.24) is 60.9 Å². The summed E-state index contributed by atoms with van der Waals surface area (Å²) < 4.78 is 37.4. The number of hydrogen-bond donors (Lipinski definition) is 6. The smallest absolute Gasteiger partial charge is 0.387 e. The highest BCUT2D eigenvalue weighted by molar-refractivity contribution is 6.00. The van der Waals surface area contributed by atoms with Crippen LogP contribution in [0.2, 0.25) is 0 Å². The molecule has 2 aromatic rings. The van der Waals surface area contributed by atoms with E-state index in [0.717, 1.165) is 26.0 Å². The molecular weight excluding hydrogens is 1350 g/mol. The number of piperidine rings is 1. The minimum Gasteiger partial charge on any atom is -0.435 e. The lowest BCUT2D eigenvalue weighted by atomic mass is 9.96. The van der Waals surface area contributed by atoms with Crippen molar-refractivity contribution >= 4 is 70.9 Å². The Labute approximate surface area is 613 Å². The van der Waals surface area contributed by atoms with Gasteiger partial charge in [-0.1, -0.05) is 112 Å². The maximum Gasteiger partial charge on any atom is 0.387 e. The van der Waals surface area contributed by atoms with E-state index in [4.69, 9.17) is 4.74 Å². The number of aliphatic hydroxyl groups excluding tert-OH is 1. The molecule has 2 saturated heterocycles. The number of aliphatic hydroxyl groups is 1. The molecule has 2 aliphatic heterocycles. The van der Waals surface area contributed by atoms with Crippen molar-refractivity contribution in [1.29, 1.82) is 0 Å². The Bertz CT molecular complexity index is 3240. The molecule has 29 heteroatoms. The Morgan fingerprint density at radius 3 is 1.50 bits per heavy atom. The number of ether oxygens (including phenoxy) is 2. The maximum absolute atomic E-state index is 15.6. The van der Waals surface area contributed by atoms with Gasteiger partial charge < -0.3 is 75.5 Å². The molecule has 1 unspecified atom stereocenters. The minimum absolute atomic E-state index is 0.0288. The Balaban J connectivity index is 2.00. The number of benzene rings is 2. The lowest BCUT2D eigenvalue weighted by Crippen LogP contribution is -2.62. The van der Waals surface area contributed by atoms with Gasteiger partial charge >= 0.3 is 6.61 Å². The number of likely N-dealkylation sites (N-methyl/N-ethyl adjacent to an activating group) is 6. The van der Waals surface area contributed by atoms with Crippen LogP contribution in [0.25, 0.3) is 0 Å². The highest BCUT2D eigenvalue weighted by atomic mass is 19.3. The molecule has 27 nitrogen and oxygen atoms in total. The number of rotatable bonds is 18. The van der Waals surface area contributed by atoms with Crippen LogP contribution >= 0.6 is 0 Å². The monoisotopic (exact) mass is 1460 g/mol. The maximum atomic E-state index is 15.6. The normalized spacial score (nSPS) is 24.7. The molecule has 2 heterocycles. The Morgan fingerprint density at radius 2 is 1.00 bits per heavy atom. The van der Waals surface area contributed by atoms with E-state index in [-0.39, 0.29) is 55.6 Å². The summed E-state index contributed by atoms with van der Waals surface area (Å²) in [5.41, 5.74) is 0.0684. The second kappa shape index (κ2) is 40.2. The van der Waals surface area contributed by atoms with Crippen LogP contribution in [0.5, 0.6) is 5.75 Å². The fraction of sp³-hybridized carbons (Fsp3) is 0.680. The standard InChI is InChI=1S/C75H118F2N12O15/c1-43(2)35-55-64(93)80-54(42-103-75(12,13)14)69(98)87(19)58(39-49-27-23-21-24-28-49)71(100)86(18)56(36-44(3)4)65(94)78-53(70(99)89-33-25-22-26-34-89)40-59(91)81-61(46(7)8)73(102)88(20)63(47(9)10)67(96)79-52(38-50-29-31-51(32-30-50)104-74(76)77)68(97)85(17)57(37-45(5)6)66(95)82-62(48(11)90)72(101)83(15)41-60(92)84(55)16/h21,23-24,27-32,43-48,52-58,61-63,74,90H,22,25-26,33-42H2,1-20H3,(H,78,94)(H,79,96)(H,80,93)(H,81,91)(H,82,95)/t48-,52+,53?,54+,55+,56+,57+,58+,61+,62+,63+/m1/s1. The highest BCUT2D eigenvalue weighted by Crippen LogP contribution is 2.25. The number of hydrogen-bond acceptors (Lipinski definition) is 15. The zero-order valence-corrected chi connectivity index (χ0v) is 64.8. The number of nitrogens with zero attached hydrogens (tertiary/aromatic N) is 7. The topological polar surface area (TPSA) is 326 Å². The van der Waals surface area contributed by atoms with E-state index in [1.807, 2.05) is 27.7 Å². The summed E-state index contributed by atoms with van der Waals surface area (Å²) in [6.45, 7) is 20.2. The van der Waals surface area contributed by atoms with Crippen LogP contribution in [0.1, 0.15) is 153 Å². The lowest BCUT2D eigenvalue weighted by Gasteiger charge is -2.38. The predicted octanol–water partition coefficient (Wildman–Crippen LogP) is 4.15. The SMILES string of the molecule is CC(C)C[C@H]1C(=O)N[C@@H](COC(C)(C)C)C(=O)N(C)[C@@H](Cc2ccccc2)C(=O)N(C)[C@@H](CC(C)C)C(=O)NC(C(=O)N2CCCCC2)CC(=O)N[C@@H](C(C)C)C(=O)N(C)[C@@H](C(C)C)C(=O)N[C@@H](Cc2ccc(OC(F)F)cc2)C(=O)N(C)[C@@H](CC(C)C)C(=O)N[C@@H]([C@@H](C)O)C(=O)N(C)CC(=O)N1C. The third-order valence-electron chi connectivity index (χ3n) is 18.7. The molecular formula is C75H118F2N12O15. The summed E-state index contributed by atoms with van der Waals surface area (Å²) in [7, 11) is 8.03. The van der Waals surface area contributed by atoms with Gasteiger partial charge in [-0.25, -0.2) is 0 Å². The van der Waals surface area contributed by atoms with E-state index in [0.29, 0.717) is 37.1 Å². The van der Waals surface area contributed by atoms with Crippen LogP contribution in [-0.4, -0.2) is 258 Å². The zero-order chi connectivity index (χ0) is 78.5. The zero-order valence-electron chi connectivity index (χ0n) is 64.8. The van der Waals surface area contributed by atoms with E-state index in [9.17, 15) is 42.7 Å². The fourth-order valence-corrected chi connectivity index (χ4v) is 12.8. The molecule has 0 aliphatic carbocycles. The van der Waals surface area contributed by atoms with Crippen LogP contribution < -0.4 is 31.3 Å². The molecule has 0 spiro atoms. The molecule has 12 amide bonds. The van der Waals surface area contributed by atoms with Crippen LogP contribution in [0.4, 0.5) is 8.78 Å². The second-order valence-corrected chi connectivity index (χ2v) is 30.8. The summed E-state index contributed by atoms with van der Waals surface area (Å²) in [5, 5.41) is 25.1. The average molecular weight is 1470 g/mol. The third-order valence-corrected chi connectivity index (χ3v) is 18.7. The fourth-order valence-electron chi connectivity index (χ4n) is 12.8. The van der Waals surface area contributed by atoms with Crippen molar-refractivity contribution in [3.05, 3.63) is 65.7 Å². The van der Waals surface area contributed by atoms with Crippen molar-refractivity contribution in [2.24, 2.45) is 29.6 Å². The molecule has 11 atom stereocenters. The first-order chi connectivity index (χ1) is 48.5. The predicted molar refractivity (Wildman–Crippen MR) is 387 cm³/mol. The molecule has 0 aromatic heterocycles. The number of carbonyl (C=O) groups is 12. The Hall–Kier alpha value is -8.34. The van der Waals surface area contributed by atoms with Gasteiger partial charge in [0.2, 0.25) is 70.9 Å². The molecule has 2 aromatic carbocycles. The molecule has 2 fully saturated rings. The molecule has 0 radical (unpaired) electrons. The molecule has 0 bridgehead atoms. The van der Waals surface area contributed by atoms with Crippen LogP contribution in [0, 0.1) is 29.6 Å². The van der Waals surface area contributed by atoms with Crippen molar-refractivity contribution in [2.75, 3.05) is 68.5 Å². The van der Waals surface area contributed by atoms with Crippen molar-refractivity contribution in [2.45, 2.75) is 233 Å². The van der Waals surface area contributed by atoms with Gasteiger partial charge in [0.25, 0.3) is 0 Å². The quantitative estimate of drug-likeness (QED) is 0.122. The Morgan fingerprint density at radius 1 is 0.519 bits per heavy atom. The highest BCUT2D eigenvalue weighted by Gasteiger charge is 2.44. The van der Waals surface area contributed by atoms with Gasteiger partial charge in [-0.15, -0.1) is 0 Å². The largest absolute Gasteiger partial charge is 0.435 e. The average Bonchev–Trinajstić information content (AvgIpc) is 0.816. The van der Waals surface area contributed by atoms with E-state index in [1.165, 1.54) is 83.3 Å². The number of nitrogens with one attached hydrogen (secondary N) is 5. The summed E-state index contributed by atoms with van der Waals surface area (Å²) in [4.78, 5) is 188. The first-order valence-electron chi connectivity index (χ1n) is 36.2. The summed E-state index contributed by atoms with van der Waals surface area (Å²) in [6.07, 6.45) is -0.579. The first kappa shape index (κ1) is 88.1. The first-order valence-corrected chi connectivity index (χ1v) is 36.2. The molecule has 582 valence electrons. The number of likely N-dealkylation sites (tertiary alicyclic amines) is 1. The lowest BCUT2D eigenvalue weighted by molar-refractivity contribution is -0.151. The minimum atomic E-state index is -3.16. The van der Waals surface area contributed by atoms with E-state index in [2.05, 4.69) is 31.3 Å². The van der Waals surface area contributed by atoms with Gasteiger partial charge in [0.1, 0.15) is 66.2 Å². The Kier molecular flexibility index (Phi) is 34.1. The van der Waals surface area contributed by atoms with Crippen LogP contribution in [-0.2, 0) is 75.1 Å². The third kappa shape index (κ3) is 26.1. The van der Waals surface area contributed by atoms with Gasteiger partial charge in [0, 0.05) is 68.2 Å². The van der Waals surface area contributed by atoms with Crippen molar-refractivity contribution in [3.63, 3.8) is 0 Å². The van der Waals surface area contributed by atoms with E-state index < -0.39 is 181 Å².